The molecule has 2 aromatic heterocycles. The van der Waals surface area contributed by atoms with Gasteiger partial charge in [-0.2, -0.15) is 0 Å². The van der Waals surface area contributed by atoms with E-state index in [1.54, 1.807) is 24.4 Å². The van der Waals surface area contributed by atoms with Crippen LogP contribution in [0.4, 0.5) is 0 Å². The number of fused-ring (bicyclic) bond motifs is 1. The van der Waals surface area contributed by atoms with Crippen LogP contribution >= 0.6 is 0 Å². The Balaban J connectivity index is 1.76. The highest BCUT2D eigenvalue weighted by molar-refractivity contribution is 5.88. The first kappa shape index (κ1) is 22.5. The summed E-state index contributed by atoms with van der Waals surface area (Å²) < 4.78 is 17.5. The molecule has 0 radical (unpaired) electrons. The van der Waals surface area contributed by atoms with Gasteiger partial charge in [0.15, 0.2) is 17.2 Å². The number of aryl methyl sites for hydroxylation is 2. The van der Waals surface area contributed by atoms with Crippen LogP contribution in [0.15, 0.2) is 60.8 Å². The molecule has 7 nitrogen and oxygen atoms in total. The lowest BCUT2D eigenvalue weighted by Gasteiger charge is -2.16. The minimum Gasteiger partial charge on any atom is -0.493 e. The number of benzene rings is 2. The van der Waals surface area contributed by atoms with Crippen LogP contribution in [-0.4, -0.2) is 46.6 Å². The molecule has 33 heavy (non-hydrogen) atoms. The van der Waals surface area contributed by atoms with Gasteiger partial charge in [0.1, 0.15) is 24.2 Å². The van der Waals surface area contributed by atoms with E-state index in [0.717, 1.165) is 27.9 Å². The van der Waals surface area contributed by atoms with E-state index in [-0.39, 0.29) is 13.2 Å². The topological polar surface area (TPSA) is 93.9 Å². The number of ether oxygens (including phenoxy) is 3. The van der Waals surface area contributed by atoms with Crippen LogP contribution in [-0.2, 0) is 0 Å². The zero-order chi connectivity index (χ0) is 23.4. The molecule has 2 aromatic carbocycles. The second-order valence-corrected chi connectivity index (χ2v) is 7.68. The number of aliphatic hydroxyl groups excluding tert-OH is 2. The Morgan fingerprint density at radius 1 is 0.939 bits per heavy atom. The molecule has 2 N–H and O–H groups in total. The van der Waals surface area contributed by atoms with Gasteiger partial charge in [-0.3, -0.25) is 4.98 Å². The first-order valence-electron chi connectivity index (χ1n) is 10.6. The normalized spacial score (nSPS) is 11.9. The number of nitrogens with zero attached hydrogens (tertiary/aromatic N) is 2. The van der Waals surface area contributed by atoms with Crippen molar-refractivity contribution in [3.8, 4) is 34.3 Å². The van der Waals surface area contributed by atoms with Crippen molar-refractivity contribution in [2.75, 3.05) is 20.3 Å². The fourth-order valence-corrected chi connectivity index (χ4v) is 3.41. The van der Waals surface area contributed by atoms with Gasteiger partial charge in [0.25, 0.3) is 0 Å². The molecule has 0 aliphatic heterocycles. The van der Waals surface area contributed by atoms with Gasteiger partial charge in [-0.15, -0.1) is 0 Å². The lowest BCUT2D eigenvalue weighted by Crippen LogP contribution is -2.21. The first-order chi connectivity index (χ1) is 16.0. The average molecular weight is 447 g/mol. The molecule has 0 aliphatic carbocycles. The number of hydrogen-bond donors (Lipinski definition) is 2. The SMILES string of the molecule is COc1cc2c(Oc3cc(C)c(C)nc3-c3ccccc3)ccnc2cc1OCC(O)CO. The van der Waals surface area contributed by atoms with Crippen LogP contribution in [0, 0.1) is 13.8 Å². The van der Waals surface area contributed by atoms with Crippen LogP contribution in [0.2, 0.25) is 0 Å². The lowest BCUT2D eigenvalue weighted by atomic mass is 10.1. The monoisotopic (exact) mass is 446 g/mol. The summed E-state index contributed by atoms with van der Waals surface area (Å²) >= 11 is 0. The van der Waals surface area contributed by atoms with Crippen molar-refractivity contribution in [2.45, 2.75) is 20.0 Å². The van der Waals surface area contributed by atoms with Crippen LogP contribution in [0.25, 0.3) is 22.2 Å². The average Bonchev–Trinajstić information content (AvgIpc) is 2.84. The molecule has 0 fully saturated rings. The Morgan fingerprint density at radius 3 is 2.45 bits per heavy atom. The maximum Gasteiger partial charge on any atom is 0.163 e. The van der Waals surface area contributed by atoms with Crippen molar-refractivity contribution >= 4 is 10.9 Å². The number of rotatable bonds is 8. The Labute approximate surface area is 192 Å². The predicted octanol–water partition coefficient (Wildman–Crippen LogP) is 4.45. The number of aliphatic hydroxyl groups is 2. The summed E-state index contributed by atoms with van der Waals surface area (Å²) in [6.45, 7) is 3.53. The predicted molar refractivity (Wildman–Crippen MR) is 126 cm³/mol. The summed E-state index contributed by atoms with van der Waals surface area (Å²) in [5.41, 5.74) is 4.33. The second kappa shape index (κ2) is 9.85. The number of pyridine rings is 2. The third-order valence-electron chi connectivity index (χ3n) is 5.33. The zero-order valence-corrected chi connectivity index (χ0v) is 18.8. The molecule has 1 atom stereocenters. The van der Waals surface area contributed by atoms with E-state index in [0.29, 0.717) is 28.5 Å². The highest BCUT2D eigenvalue weighted by Gasteiger charge is 2.16. The van der Waals surface area contributed by atoms with Crippen LogP contribution in [0.5, 0.6) is 23.0 Å². The first-order valence-corrected chi connectivity index (χ1v) is 10.6. The molecule has 1 unspecified atom stereocenters. The summed E-state index contributed by atoms with van der Waals surface area (Å²) in [6, 6.07) is 17.2. The Hall–Kier alpha value is -3.68. The van der Waals surface area contributed by atoms with Crippen LogP contribution in [0.3, 0.4) is 0 Å². The molecule has 4 rings (SSSR count). The van der Waals surface area contributed by atoms with E-state index in [4.69, 9.17) is 24.3 Å². The maximum atomic E-state index is 9.61. The van der Waals surface area contributed by atoms with Crippen molar-refractivity contribution in [1.82, 2.24) is 9.97 Å². The van der Waals surface area contributed by atoms with Gasteiger partial charge in [0.05, 0.1) is 19.2 Å². The summed E-state index contributed by atoms with van der Waals surface area (Å²) in [5.74, 6) is 2.12. The fourth-order valence-electron chi connectivity index (χ4n) is 3.41. The lowest BCUT2D eigenvalue weighted by molar-refractivity contribution is 0.0528. The molecule has 0 saturated carbocycles. The third kappa shape index (κ3) is 4.89. The Bertz CT molecular complexity index is 1260. The van der Waals surface area contributed by atoms with Crippen molar-refractivity contribution in [2.24, 2.45) is 0 Å². The molecular weight excluding hydrogens is 420 g/mol. The summed E-state index contributed by atoms with van der Waals surface area (Å²) in [4.78, 5) is 9.22. The molecular formula is C26H26N2O5. The minimum absolute atomic E-state index is 0.0662. The Morgan fingerprint density at radius 2 is 1.73 bits per heavy atom. The highest BCUT2D eigenvalue weighted by atomic mass is 16.5. The van der Waals surface area contributed by atoms with Gasteiger partial charge in [-0.05, 0) is 37.6 Å². The summed E-state index contributed by atoms with van der Waals surface area (Å²) in [5, 5.41) is 19.4. The molecule has 2 heterocycles. The number of methoxy groups -OCH3 is 1. The largest absolute Gasteiger partial charge is 0.493 e. The van der Waals surface area contributed by atoms with E-state index in [2.05, 4.69) is 4.98 Å². The van der Waals surface area contributed by atoms with Crippen LogP contribution < -0.4 is 14.2 Å². The fraction of sp³-hybridized carbons (Fsp3) is 0.231. The van der Waals surface area contributed by atoms with Gasteiger partial charge in [-0.1, -0.05) is 30.3 Å². The third-order valence-corrected chi connectivity index (χ3v) is 5.33. The number of hydrogen-bond acceptors (Lipinski definition) is 7. The molecule has 0 spiro atoms. The standard InChI is InChI=1S/C26H26N2O5/c1-16-11-25(26(28-17(16)2)18-7-5-4-6-8-18)33-22-9-10-27-21-13-24(32-15-19(30)14-29)23(31-3)12-20(21)22/h4-13,19,29-30H,14-15H2,1-3H3. The van der Waals surface area contributed by atoms with E-state index in [1.807, 2.05) is 50.2 Å². The summed E-state index contributed by atoms with van der Waals surface area (Å²) in [6.07, 6.45) is 0.675. The van der Waals surface area contributed by atoms with Crippen molar-refractivity contribution in [3.63, 3.8) is 0 Å². The van der Waals surface area contributed by atoms with E-state index in [1.165, 1.54) is 7.11 Å². The Kier molecular flexibility index (Phi) is 6.72. The van der Waals surface area contributed by atoms with Gasteiger partial charge in [0, 0.05) is 28.9 Å². The molecule has 0 bridgehead atoms. The van der Waals surface area contributed by atoms with Crippen molar-refractivity contribution < 1.29 is 24.4 Å². The quantitative estimate of drug-likeness (QED) is 0.413. The highest BCUT2D eigenvalue weighted by Crippen LogP contribution is 2.39. The molecule has 7 heteroatoms. The van der Waals surface area contributed by atoms with Crippen molar-refractivity contribution in [1.29, 1.82) is 0 Å². The minimum atomic E-state index is -0.985. The molecule has 4 aromatic rings. The van der Waals surface area contributed by atoms with E-state index in [9.17, 15) is 5.11 Å². The van der Waals surface area contributed by atoms with Gasteiger partial charge < -0.3 is 24.4 Å². The van der Waals surface area contributed by atoms with Gasteiger partial charge in [0.2, 0.25) is 0 Å². The second-order valence-electron chi connectivity index (χ2n) is 7.68. The molecule has 0 amide bonds. The zero-order valence-electron chi connectivity index (χ0n) is 18.8. The number of aromatic nitrogens is 2. The van der Waals surface area contributed by atoms with Crippen LogP contribution in [0.1, 0.15) is 11.3 Å². The maximum absolute atomic E-state index is 9.61. The van der Waals surface area contributed by atoms with Gasteiger partial charge in [-0.25, -0.2) is 4.98 Å². The van der Waals surface area contributed by atoms with Crippen molar-refractivity contribution in [3.05, 3.63) is 72.1 Å². The molecule has 0 saturated heterocycles. The van der Waals surface area contributed by atoms with Gasteiger partial charge >= 0.3 is 0 Å². The van der Waals surface area contributed by atoms with E-state index < -0.39 is 6.10 Å². The summed E-state index contributed by atoms with van der Waals surface area (Å²) in [7, 11) is 1.54. The smallest absolute Gasteiger partial charge is 0.163 e. The molecule has 170 valence electrons. The van der Waals surface area contributed by atoms with E-state index >= 15 is 0 Å². The molecule has 0 aliphatic rings.